The van der Waals surface area contributed by atoms with Gasteiger partial charge in [0.15, 0.2) is 5.96 Å². The highest BCUT2D eigenvalue weighted by atomic mass is 32.2. The van der Waals surface area contributed by atoms with Crippen LogP contribution in [0.4, 0.5) is 5.69 Å². The Bertz CT molecular complexity index is 625. The van der Waals surface area contributed by atoms with Gasteiger partial charge in [0.25, 0.3) is 0 Å². The maximum atomic E-state index is 5.51. The van der Waals surface area contributed by atoms with Crippen molar-refractivity contribution in [3.63, 3.8) is 0 Å². The first-order chi connectivity index (χ1) is 14.2. The summed E-state index contributed by atoms with van der Waals surface area (Å²) < 4.78 is 5.51. The number of nitrogens with zero attached hydrogens (tertiary/aromatic N) is 3. The number of hydrogen-bond donors (Lipinski definition) is 2. The van der Waals surface area contributed by atoms with E-state index in [-0.39, 0.29) is 0 Å². The first kappa shape index (κ1) is 22.2. The molecule has 2 N–H and O–H groups in total. The molecule has 0 bridgehead atoms. The molecule has 3 rings (SSSR count). The molecule has 0 aromatic heterocycles. The molecule has 7 heteroatoms. The van der Waals surface area contributed by atoms with E-state index in [4.69, 9.17) is 4.74 Å². The minimum absolute atomic E-state index is 0.486. The Morgan fingerprint density at radius 1 is 1.07 bits per heavy atom. The predicted octanol–water partition coefficient (Wildman–Crippen LogP) is 2.26. The van der Waals surface area contributed by atoms with Crippen LogP contribution in [0.2, 0.25) is 0 Å². The van der Waals surface area contributed by atoms with E-state index < -0.39 is 0 Å². The number of hydrogen-bond acceptors (Lipinski definition) is 5. The summed E-state index contributed by atoms with van der Waals surface area (Å²) in [6.07, 6.45) is 0. The van der Waals surface area contributed by atoms with E-state index in [1.807, 2.05) is 18.8 Å². The molecule has 0 aliphatic carbocycles. The summed E-state index contributed by atoms with van der Waals surface area (Å²) in [6.45, 7) is 12.3. The van der Waals surface area contributed by atoms with Crippen LogP contribution in [0.3, 0.4) is 0 Å². The lowest BCUT2D eigenvalue weighted by Crippen LogP contribution is -2.52. The zero-order chi connectivity index (χ0) is 20.5. The van der Waals surface area contributed by atoms with Crippen molar-refractivity contribution < 1.29 is 4.74 Å². The number of thioether (sulfide) groups is 1. The lowest BCUT2D eigenvalue weighted by Gasteiger charge is -2.37. The van der Waals surface area contributed by atoms with Crippen molar-refractivity contribution in [3.05, 3.63) is 29.8 Å². The number of ether oxygens (including phenoxy) is 1. The summed E-state index contributed by atoms with van der Waals surface area (Å²) in [6, 6.07) is 9.43. The molecule has 2 saturated heterocycles. The largest absolute Gasteiger partial charge is 0.379 e. The molecule has 29 heavy (non-hydrogen) atoms. The number of morpholine rings is 1. The van der Waals surface area contributed by atoms with Crippen molar-refractivity contribution in [2.45, 2.75) is 26.4 Å². The lowest BCUT2D eigenvalue weighted by atomic mass is 10.0. The van der Waals surface area contributed by atoms with E-state index >= 15 is 0 Å². The maximum Gasteiger partial charge on any atom is 0.191 e. The van der Waals surface area contributed by atoms with Crippen molar-refractivity contribution >= 4 is 23.4 Å². The topological polar surface area (TPSA) is 52.1 Å². The van der Waals surface area contributed by atoms with Gasteiger partial charge in [-0.1, -0.05) is 26.0 Å². The summed E-state index contributed by atoms with van der Waals surface area (Å²) in [5.41, 5.74) is 2.61. The van der Waals surface area contributed by atoms with Crippen LogP contribution < -0.4 is 15.5 Å². The quantitative estimate of drug-likeness (QED) is 0.522. The van der Waals surface area contributed by atoms with Crippen molar-refractivity contribution in [3.8, 4) is 0 Å². The van der Waals surface area contributed by atoms with E-state index in [1.165, 1.54) is 22.8 Å². The van der Waals surface area contributed by atoms with Gasteiger partial charge >= 0.3 is 0 Å². The first-order valence-corrected chi connectivity index (χ1v) is 12.0. The van der Waals surface area contributed by atoms with Gasteiger partial charge in [0.2, 0.25) is 0 Å². The fourth-order valence-corrected chi connectivity index (χ4v) is 4.85. The standard InChI is InChI=1S/C22H37N5OS/c1-18(2)21(27-8-12-28-13-9-27)17-25-22(23-3)24-16-19-4-6-20(7-5-19)26-10-14-29-15-11-26/h4-7,18,21H,8-17H2,1-3H3,(H2,23,24,25). The number of benzene rings is 1. The molecule has 1 aromatic carbocycles. The molecule has 2 fully saturated rings. The Hall–Kier alpha value is -1.44. The molecule has 0 radical (unpaired) electrons. The van der Waals surface area contributed by atoms with E-state index in [1.54, 1.807) is 0 Å². The molecule has 2 aliphatic rings. The second-order valence-corrected chi connectivity index (χ2v) is 9.26. The Kier molecular flexibility index (Phi) is 8.95. The van der Waals surface area contributed by atoms with E-state index in [0.29, 0.717) is 12.0 Å². The molecule has 6 nitrogen and oxygen atoms in total. The second kappa shape index (κ2) is 11.7. The van der Waals surface area contributed by atoms with Gasteiger partial charge in [0.05, 0.1) is 13.2 Å². The molecule has 0 spiro atoms. The predicted molar refractivity (Wildman–Crippen MR) is 125 cm³/mol. The molecule has 1 aromatic rings. The van der Waals surface area contributed by atoms with Gasteiger partial charge in [0, 0.05) is 69.6 Å². The molecular formula is C22H37N5OS. The van der Waals surface area contributed by atoms with Crippen molar-refractivity contribution in [2.24, 2.45) is 10.9 Å². The Labute approximate surface area is 180 Å². The van der Waals surface area contributed by atoms with Crippen LogP contribution >= 0.6 is 11.8 Å². The summed E-state index contributed by atoms with van der Waals surface area (Å²) >= 11 is 2.05. The molecule has 2 heterocycles. The zero-order valence-electron chi connectivity index (χ0n) is 18.2. The first-order valence-electron chi connectivity index (χ1n) is 10.9. The van der Waals surface area contributed by atoms with Gasteiger partial charge in [0.1, 0.15) is 0 Å². The van der Waals surface area contributed by atoms with E-state index in [2.05, 4.69) is 63.5 Å². The van der Waals surface area contributed by atoms with Crippen LogP contribution in [0.15, 0.2) is 29.3 Å². The van der Waals surface area contributed by atoms with Crippen LogP contribution in [-0.4, -0.2) is 81.4 Å². The van der Waals surface area contributed by atoms with Gasteiger partial charge in [-0.2, -0.15) is 11.8 Å². The van der Waals surface area contributed by atoms with Crippen LogP contribution in [0.5, 0.6) is 0 Å². The zero-order valence-corrected chi connectivity index (χ0v) is 19.0. The number of aliphatic imine (C=N–C) groups is 1. The highest BCUT2D eigenvalue weighted by Gasteiger charge is 2.23. The normalized spacial score (nSPS) is 20.0. The highest BCUT2D eigenvalue weighted by Crippen LogP contribution is 2.19. The van der Waals surface area contributed by atoms with E-state index in [9.17, 15) is 0 Å². The summed E-state index contributed by atoms with van der Waals surface area (Å²) in [5.74, 6) is 3.90. The summed E-state index contributed by atoms with van der Waals surface area (Å²) in [7, 11) is 1.84. The minimum Gasteiger partial charge on any atom is -0.379 e. The van der Waals surface area contributed by atoms with Gasteiger partial charge < -0.3 is 20.3 Å². The molecule has 1 atom stereocenters. The third-order valence-corrected chi connectivity index (χ3v) is 6.70. The maximum absolute atomic E-state index is 5.51. The number of anilines is 1. The van der Waals surface area contributed by atoms with Crippen molar-refractivity contribution in [2.75, 3.05) is 69.4 Å². The average molecular weight is 420 g/mol. The lowest BCUT2D eigenvalue weighted by molar-refractivity contribution is 0.00752. The fourth-order valence-electron chi connectivity index (χ4n) is 3.95. The number of nitrogens with one attached hydrogen (secondary N) is 2. The van der Waals surface area contributed by atoms with Crippen molar-refractivity contribution in [1.29, 1.82) is 0 Å². The van der Waals surface area contributed by atoms with Crippen LogP contribution in [-0.2, 0) is 11.3 Å². The molecule has 2 aliphatic heterocycles. The Morgan fingerprint density at radius 2 is 1.76 bits per heavy atom. The molecule has 1 unspecified atom stereocenters. The van der Waals surface area contributed by atoms with E-state index in [0.717, 1.165) is 58.4 Å². The molecular weight excluding hydrogens is 382 g/mol. The van der Waals surface area contributed by atoms with Crippen LogP contribution in [0.25, 0.3) is 0 Å². The third kappa shape index (κ3) is 6.79. The fraction of sp³-hybridized carbons (Fsp3) is 0.682. The molecule has 0 amide bonds. The minimum atomic E-state index is 0.486. The monoisotopic (exact) mass is 419 g/mol. The third-order valence-electron chi connectivity index (χ3n) is 5.76. The van der Waals surface area contributed by atoms with Gasteiger partial charge in [-0.15, -0.1) is 0 Å². The Balaban J connectivity index is 1.46. The number of guanidine groups is 1. The molecule has 0 saturated carbocycles. The summed E-state index contributed by atoms with van der Waals surface area (Å²) in [4.78, 5) is 9.42. The van der Waals surface area contributed by atoms with Crippen LogP contribution in [0.1, 0.15) is 19.4 Å². The Morgan fingerprint density at radius 3 is 2.38 bits per heavy atom. The van der Waals surface area contributed by atoms with Crippen molar-refractivity contribution in [1.82, 2.24) is 15.5 Å². The van der Waals surface area contributed by atoms with Gasteiger partial charge in [-0.25, -0.2) is 0 Å². The molecule has 162 valence electrons. The number of rotatable bonds is 7. The smallest absolute Gasteiger partial charge is 0.191 e. The van der Waals surface area contributed by atoms with Gasteiger partial charge in [-0.3, -0.25) is 9.89 Å². The second-order valence-electron chi connectivity index (χ2n) is 8.03. The highest BCUT2D eigenvalue weighted by molar-refractivity contribution is 7.99. The summed E-state index contributed by atoms with van der Waals surface area (Å²) in [5, 5.41) is 6.99. The SMILES string of the molecule is CN=C(NCc1ccc(N2CCSCC2)cc1)NCC(C(C)C)N1CCOCC1. The van der Waals surface area contributed by atoms with Gasteiger partial charge in [-0.05, 0) is 23.6 Å². The average Bonchev–Trinajstić information content (AvgIpc) is 2.77. The van der Waals surface area contributed by atoms with Crippen LogP contribution in [0, 0.1) is 5.92 Å².